The van der Waals surface area contributed by atoms with Crippen LogP contribution >= 0.6 is 0 Å². The molecule has 36 heavy (non-hydrogen) atoms. The van der Waals surface area contributed by atoms with Gasteiger partial charge in [-0.15, -0.1) is 13.1 Å². The predicted octanol–water partition coefficient (Wildman–Crippen LogP) is 4.18. The van der Waals surface area contributed by atoms with E-state index in [1.165, 1.54) is 5.56 Å². The van der Waals surface area contributed by atoms with Gasteiger partial charge in [0.25, 0.3) is 0 Å². The molecule has 7 heteroatoms. The van der Waals surface area contributed by atoms with Crippen molar-refractivity contribution in [2.24, 2.45) is 9.98 Å². The van der Waals surface area contributed by atoms with Crippen LogP contribution in [0.4, 0.5) is 5.69 Å². The van der Waals surface area contributed by atoms with Crippen LogP contribution in [0.3, 0.4) is 0 Å². The summed E-state index contributed by atoms with van der Waals surface area (Å²) >= 11 is 0. The number of carbonyl (C=O) groups is 1. The van der Waals surface area contributed by atoms with Crippen LogP contribution in [0.2, 0.25) is 0 Å². The van der Waals surface area contributed by atoms with Gasteiger partial charge in [0.05, 0.1) is 17.4 Å². The molecule has 0 heterocycles. The summed E-state index contributed by atoms with van der Waals surface area (Å²) in [5.74, 6) is -1.35. The number of benzene rings is 3. The van der Waals surface area contributed by atoms with Crippen molar-refractivity contribution < 1.29 is 31.5 Å². The largest absolute Gasteiger partial charge is 3.00 e. The average molecular weight is 527 g/mol. The Kier molecular flexibility index (Phi) is 12.6. The summed E-state index contributed by atoms with van der Waals surface area (Å²) in [6.45, 7) is 3.12. The van der Waals surface area contributed by atoms with E-state index in [1.54, 1.807) is 13.0 Å². The van der Waals surface area contributed by atoms with E-state index in [9.17, 15) is 15.0 Å². The fourth-order valence-electron chi connectivity index (χ4n) is 3.66. The number of rotatable bonds is 13. The molecule has 1 atom stereocenters. The maximum Gasteiger partial charge on any atom is 3.00 e. The minimum atomic E-state index is -1.16. The quantitative estimate of drug-likeness (QED) is 0.144. The van der Waals surface area contributed by atoms with Crippen molar-refractivity contribution in [1.82, 2.24) is 0 Å². The van der Waals surface area contributed by atoms with Gasteiger partial charge in [-0.25, -0.2) is 0 Å². The second-order valence-electron chi connectivity index (χ2n) is 8.34. The molecular weight excluding hydrogens is 497 g/mol. The van der Waals surface area contributed by atoms with Crippen LogP contribution in [0.5, 0.6) is 0 Å². The van der Waals surface area contributed by atoms with Crippen molar-refractivity contribution in [3.63, 3.8) is 0 Å². The first-order chi connectivity index (χ1) is 17.0. The molecule has 1 unspecified atom stereocenters. The Bertz CT molecular complexity index is 1130. The van der Waals surface area contributed by atoms with Gasteiger partial charge in [-0.05, 0) is 25.3 Å². The summed E-state index contributed by atoms with van der Waals surface area (Å²) in [6, 6.07) is 26.4. The summed E-state index contributed by atoms with van der Waals surface area (Å²) in [5.41, 5.74) is 3.82. The number of hydrogen-bond donors (Lipinski definition) is 0. The number of carboxylic acid groups (broad SMARTS) is 1. The maximum absolute atomic E-state index is 12.6. The van der Waals surface area contributed by atoms with Gasteiger partial charge >= 0.3 is 16.5 Å². The Hall–Kier alpha value is -3.28. The molecule has 189 valence electrons. The summed E-state index contributed by atoms with van der Waals surface area (Å²) in [6.07, 6.45) is 1.69. The van der Waals surface area contributed by atoms with Gasteiger partial charge in [-0.1, -0.05) is 97.3 Å². The zero-order valence-electron chi connectivity index (χ0n) is 20.3. The van der Waals surface area contributed by atoms with Crippen LogP contribution in [-0.4, -0.2) is 30.2 Å². The molecule has 0 bridgehead atoms. The molecule has 0 fully saturated rings. The van der Waals surface area contributed by atoms with Crippen molar-refractivity contribution >= 4 is 23.3 Å². The molecule has 0 saturated carbocycles. The van der Waals surface area contributed by atoms with Gasteiger partial charge in [-0.2, -0.15) is 0 Å². The molecule has 0 aliphatic carbocycles. The predicted molar refractivity (Wildman–Crippen MR) is 137 cm³/mol. The minimum absolute atomic E-state index is 0. The van der Waals surface area contributed by atoms with Crippen LogP contribution in [-0.2, 0) is 27.8 Å². The van der Waals surface area contributed by atoms with Crippen molar-refractivity contribution in [3.8, 4) is 0 Å². The molecule has 0 spiro atoms. The summed E-state index contributed by atoms with van der Waals surface area (Å²) in [5, 5.41) is 28.2. The van der Waals surface area contributed by atoms with Crippen LogP contribution in [0.1, 0.15) is 49.3 Å². The third-order valence-corrected chi connectivity index (χ3v) is 5.36. The average Bonchev–Trinajstić information content (AvgIpc) is 2.86. The van der Waals surface area contributed by atoms with Gasteiger partial charge in [0.2, 0.25) is 0 Å². The Morgan fingerprint density at radius 2 is 1.53 bits per heavy atom. The molecule has 3 rings (SSSR count). The molecule has 0 N–H and O–H groups in total. The Morgan fingerprint density at radius 3 is 2.22 bits per heavy atom. The molecule has 1 radical (unpaired) electrons. The number of unbranched alkanes of at least 4 members (excludes halogenated alkanes) is 1. The third-order valence-electron chi connectivity index (χ3n) is 5.36. The van der Waals surface area contributed by atoms with Crippen LogP contribution < -0.4 is 10.2 Å². The Morgan fingerprint density at radius 1 is 0.889 bits per heavy atom. The Labute approximate surface area is 223 Å². The third kappa shape index (κ3) is 9.76. The number of para-hydroxylation sites is 1. The minimum Gasteiger partial charge on any atom is -0.862 e. The van der Waals surface area contributed by atoms with Crippen molar-refractivity contribution in [2.75, 3.05) is 6.54 Å². The smallest absolute Gasteiger partial charge is 0.862 e. The van der Waals surface area contributed by atoms with Crippen molar-refractivity contribution in [3.05, 3.63) is 107 Å². The van der Waals surface area contributed by atoms with Crippen molar-refractivity contribution in [1.29, 1.82) is 0 Å². The first-order valence-electron chi connectivity index (χ1n) is 11.9. The van der Waals surface area contributed by atoms with E-state index < -0.39 is 12.0 Å². The molecule has 0 aliphatic rings. The standard InChI is InChI=1S/C29H32N3O3.Ni/c1-22(20-28(34)35)31-29(24-14-6-3-7-15-24)25-16-8-9-17-26(25)32-27(33)18-10-11-19-30-21-23-12-4-2-5-13-23;/h2-9,12-17,22H,10-11,18-21H2,1H3,(H,32,33)(H,34,35);/q-1;+3/p-2. The molecule has 0 amide bonds. The first kappa shape index (κ1) is 29.0. The number of nitrogens with zero attached hydrogens (tertiary/aromatic N) is 3. The SMILES string of the molecule is CC(CC(=O)[O-])N=C(c1ccccc1)c1ccccc1N=C([O-])CCCC[N-]Cc1ccccc1.[Ni+3]. The number of aliphatic carboxylic acids is 1. The van der Waals surface area contributed by atoms with Crippen LogP contribution in [0.15, 0.2) is 94.9 Å². The zero-order chi connectivity index (χ0) is 24.9. The molecule has 0 aromatic heterocycles. The number of hydrogen-bond acceptors (Lipinski definition) is 5. The fraction of sp³-hybridized carbons (Fsp3) is 0.276. The molecular formula is C29H30N3NiO3. The van der Waals surface area contributed by atoms with E-state index in [2.05, 4.69) is 27.4 Å². The zero-order valence-corrected chi connectivity index (χ0v) is 21.3. The van der Waals surface area contributed by atoms with E-state index in [0.29, 0.717) is 42.9 Å². The van der Waals surface area contributed by atoms with Gasteiger partial charge in [-0.3, -0.25) is 9.98 Å². The number of aliphatic imine (C=N–C) groups is 2. The van der Waals surface area contributed by atoms with E-state index in [1.807, 2.05) is 66.7 Å². The first-order valence-corrected chi connectivity index (χ1v) is 11.9. The van der Waals surface area contributed by atoms with Gasteiger partial charge < -0.3 is 20.3 Å². The summed E-state index contributed by atoms with van der Waals surface area (Å²) in [7, 11) is 0. The Balaban J connectivity index is 0.00000456. The summed E-state index contributed by atoms with van der Waals surface area (Å²) < 4.78 is 0. The van der Waals surface area contributed by atoms with Gasteiger partial charge in [0.1, 0.15) is 0 Å². The molecule has 6 nitrogen and oxygen atoms in total. The van der Waals surface area contributed by atoms with Crippen molar-refractivity contribution in [2.45, 2.75) is 45.2 Å². The maximum atomic E-state index is 12.6. The number of carboxylic acids is 1. The monoisotopic (exact) mass is 526 g/mol. The second-order valence-corrected chi connectivity index (χ2v) is 8.34. The van der Waals surface area contributed by atoms with Crippen LogP contribution in [0.25, 0.3) is 5.32 Å². The van der Waals surface area contributed by atoms with Crippen LogP contribution in [0, 0.1) is 0 Å². The van der Waals surface area contributed by atoms with Gasteiger partial charge in [0.15, 0.2) is 0 Å². The molecule has 0 saturated heterocycles. The van der Waals surface area contributed by atoms with E-state index in [4.69, 9.17) is 0 Å². The normalized spacial score (nSPS) is 12.6. The molecule has 3 aromatic carbocycles. The van der Waals surface area contributed by atoms with Gasteiger partial charge in [0, 0.05) is 23.5 Å². The molecule has 0 aliphatic heterocycles. The second kappa shape index (κ2) is 15.7. The fourth-order valence-corrected chi connectivity index (χ4v) is 3.66. The van der Waals surface area contributed by atoms with E-state index >= 15 is 0 Å². The van der Waals surface area contributed by atoms with E-state index in [0.717, 1.165) is 12.0 Å². The number of carbonyl (C=O) groups excluding carboxylic acids is 1. The molecule has 3 aromatic rings. The summed E-state index contributed by atoms with van der Waals surface area (Å²) in [4.78, 5) is 20.1. The van der Waals surface area contributed by atoms with E-state index in [-0.39, 0.29) is 28.8 Å². The topological polar surface area (TPSA) is 102 Å².